The summed E-state index contributed by atoms with van der Waals surface area (Å²) in [5, 5.41) is 7.47. The molecule has 2 amide bonds. The van der Waals surface area contributed by atoms with Crippen molar-refractivity contribution >= 4 is 28.4 Å². The maximum Gasteiger partial charge on any atom is 0.239 e. The van der Waals surface area contributed by atoms with Gasteiger partial charge in [-0.15, -0.1) is 0 Å². The van der Waals surface area contributed by atoms with Gasteiger partial charge in [0.25, 0.3) is 0 Å². The van der Waals surface area contributed by atoms with Gasteiger partial charge >= 0.3 is 0 Å². The van der Waals surface area contributed by atoms with E-state index in [0.29, 0.717) is 6.42 Å². The fourth-order valence-corrected chi connectivity index (χ4v) is 3.93. The highest BCUT2D eigenvalue weighted by atomic mass is 16.2. The van der Waals surface area contributed by atoms with Gasteiger partial charge in [0.2, 0.25) is 11.8 Å². The Morgan fingerprint density at radius 3 is 2.46 bits per heavy atom. The number of amides is 2. The van der Waals surface area contributed by atoms with Crippen LogP contribution in [0.2, 0.25) is 0 Å². The number of aromatic nitrogens is 1. The van der Waals surface area contributed by atoms with Crippen LogP contribution in [-0.4, -0.2) is 41.8 Å². The number of carbonyl (C=O) groups excluding carboxylic acids is 2. The van der Waals surface area contributed by atoms with E-state index in [1.54, 1.807) is 19.0 Å². The molecule has 0 aliphatic carbocycles. The Kier molecular flexibility index (Phi) is 4.65. The number of rotatable bonds is 3. The van der Waals surface area contributed by atoms with Gasteiger partial charge in [-0.3, -0.25) is 14.9 Å². The second kappa shape index (κ2) is 7.13. The zero-order chi connectivity index (χ0) is 19.8. The number of nitrogens with one attached hydrogen (secondary N) is 3. The molecule has 0 radical (unpaired) electrons. The minimum atomic E-state index is -0.290. The van der Waals surface area contributed by atoms with Gasteiger partial charge in [-0.1, -0.05) is 30.3 Å². The van der Waals surface area contributed by atoms with E-state index in [4.69, 9.17) is 0 Å². The molecule has 0 saturated carbocycles. The highest BCUT2D eigenvalue weighted by Crippen LogP contribution is 2.35. The van der Waals surface area contributed by atoms with E-state index >= 15 is 0 Å². The number of benzene rings is 2. The van der Waals surface area contributed by atoms with Crippen LogP contribution in [-0.2, 0) is 16.0 Å². The summed E-state index contributed by atoms with van der Waals surface area (Å²) < 4.78 is 0. The van der Waals surface area contributed by atoms with E-state index in [9.17, 15) is 9.59 Å². The Balaban J connectivity index is 1.77. The van der Waals surface area contributed by atoms with Crippen molar-refractivity contribution in [2.24, 2.45) is 0 Å². The molecule has 2 atom stereocenters. The molecule has 4 rings (SSSR count). The standard InChI is InChI=1S/C22H24N4O2/c1-13(27)23-15-10-8-14(9-11-15)20-21-17(12-19(25-20)22(28)26(2)3)16-6-4-5-7-18(16)24-21/h4-11,19-20,24-25H,12H2,1-3H3,(H,23,27)/t19-,20?/m1/s1. The Morgan fingerprint density at radius 2 is 1.79 bits per heavy atom. The smallest absolute Gasteiger partial charge is 0.239 e. The molecule has 3 N–H and O–H groups in total. The van der Waals surface area contributed by atoms with Crippen molar-refractivity contribution in [3.05, 3.63) is 65.4 Å². The maximum absolute atomic E-state index is 12.7. The van der Waals surface area contributed by atoms with Crippen LogP contribution in [0, 0.1) is 0 Å². The van der Waals surface area contributed by atoms with Gasteiger partial charge in [-0.05, 0) is 35.7 Å². The Morgan fingerprint density at radius 1 is 1.07 bits per heavy atom. The molecule has 3 aromatic rings. The lowest BCUT2D eigenvalue weighted by molar-refractivity contribution is -0.131. The van der Waals surface area contributed by atoms with Crippen LogP contribution in [0.5, 0.6) is 0 Å². The zero-order valence-electron chi connectivity index (χ0n) is 16.2. The molecular weight excluding hydrogens is 352 g/mol. The van der Waals surface area contributed by atoms with Gasteiger partial charge < -0.3 is 15.2 Å². The van der Waals surface area contributed by atoms with Crippen molar-refractivity contribution in [2.75, 3.05) is 19.4 Å². The summed E-state index contributed by atoms with van der Waals surface area (Å²) in [4.78, 5) is 29.2. The Hall–Kier alpha value is -3.12. The summed E-state index contributed by atoms with van der Waals surface area (Å²) in [6.45, 7) is 1.49. The average Bonchev–Trinajstić information content (AvgIpc) is 3.05. The number of para-hydroxylation sites is 1. The molecule has 1 aliphatic rings. The molecule has 1 aromatic heterocycles. The van der Waals surface area contributed by atoms with Crippen LogP contribution in [0.1, 0.15) is 29.8 Å². The lowest BCUT2D eigenvalue weighted by atomic mass is 9.90. The van der Waals surface area contributed by atoms with Crippen molar-refractivity contribution in [1.82, 2.24) is 15.2 Å². The van der Waals surface area contributed by atoms with Crippen LogP contribution < -0.4 is 10.6 Å². The molecule has 6 nitrogen and oxygen atoms in total. The first-order chi connectivity index (χ1) is 13.4. The first kappa shape index (κ1) is 18.3. The molecule has 0 bridgehead atoms. The van der Waals surface area contributed by atoms with Crippen molar-refractivity contribution in [3.63, 3.8) is 0 Å². The Labute approximate surface area is 163 Å². The topological polar surface area (TPSA) is 77.2 Å². The number of nitrogens with zero attached hydrogens (tertiary/aromatic N) is 1. The monoisotopic (exact) mass is 376 g/mol. The highest BCUT2D eigenvalue weighted by molar-refractivity contribution is 5.89. The van der Waals surface area contributed by atoms with Crippen molar-refractivity contribution in [3.8, 4) is 0 Å². The minimum Gasteiger partial charge on any atom is -0.357 e. The number of fused-ring (bicyclic) bond motifs is 3. The van der Waals surface area contributed by atoms with Gasteiger partial charge in [-0.25, -0.2) is 0 Å². The normalized spacial score (nSPS) is 18.5. The third-order valence-corrected chi connectivity index (χ3v) is 5.21. The predicted molar refractivity (Wildman–Crippen MR) is 110 cm³/mol. The number of likely N-dealkylation sites (N-methyl/N-ethyl adjacent to an activating group) is 1. The van der Waals surface area contributed by atoms with E-state index in [2.05, 4.69) is 27.8 Å². The van der Waals surface area contributed by atoms with E-state index in [1.165, 1.54) is 12.5 Å². The highest BCUT2D eigenvalue weighted by Gasteiger charge is 2.34. The molecule has 2 aromatic carbocycles. The van der Waals surface area contributed by atoms with Gasteiger partial charge in [0, 0.05) is 43.3 Å². The second-order valence-corrected chi connectivity index (χ2v) is 7.46. The molecule has 0 saturated heterocycles. The SMILES string of the molecule is CC(=O)Nc1ccc(C2N[C@@H](C(=O)N(C)C)Cc3c2[nH]c2ccccc32)cc1. The zero-order valence-corrected chi connectivity index (χ0v) is 16.2. The third kappa shape index (κ3) is 3.27. The molecule has 0 fully saturated rings. The van der Waals surface area contributed by atoms with Crippen molar-refractivity contribution < 1.29 is 9.59 Å². The largest absolute Gasteiger partial charge is 0.357 e. The van der Waals surface area contributed by atoms with E-state index in [0.717, 1.165) is 27.8 Å². The summed E-state index contributed by atoms with van der Waals surface area (Å²) in [5.74, 6) is -0.0334. The summed E-state index contributed by atoms with van der Waals surface area (Å²) in [7, 11) is 3.57. The fourth-order valence-electron chi connectivity index (χ4n) is 3.93. The van der Waals surface area contributed by atoms with Crippen LogP contribution in [0.15, 0.2) is 48.5 Å². The summed E-state index contributed by atoms with van der Waals surface area (Å²) >= 11 is 0. The first-order valence-electron chi connectivity index (χ1n) is 9.38. The number of hydrogen-bond donors (Lipinski definition) is 3. The van der Waals surface area contributed by atoms with Gasteiger partial charge in [0.05, 0.1) is 12.1 Å². The van der Waals surface area contributed by atoms with Crippen molar-refractivity contribution in [2.45, 2.75) is 25.4 Å². The van der Waals surface area contributed by atoms with Crippen LogP contribution >= 0.6 is 0 Å². The number of H-pyrrole nitrogens is 1. The summed E-state index contributed by atoms with van der Waals surface area (Å²) in [6.07, 6.45) is 0.650. The van der Waals surface area contributed by atoms with E-state index < -0.39 is 0 Å². The van der Waals surface area contributed by atoms with Crippen LogP contribution in [0.3, 0.4) is 0 Å². The summed E-state index contributed by atoms with van der Waals surface area (Å²) in [5.41, 5.74) is 5.15. The lowest BCUT2D eigenvalue weighted by Gasteiger charge is -2.32. The molecule has 28 heavy (non-hydrogen) atoms. The number of hydrogen-bond acceptors (Lipinski definition) is 3. The fraction of sp³-hybridized carbons (Fsp3) is 0.273. The number of aromatic amines is 1. The molecule has 1 aliphatic heterocycles. The molecule has 6 heteroatoms. The second-order valence-electron chi connectivity index (χ2n) is 7.46. The third-order valence-electron chi connectivity index (χ3n) is 5.21. The molecule has 0 spiro atoms. The number of anilines is 1. The lowest BCUT2D eigenvalue weighted by Crippen LogP contribution is -2.49. The van der Waals surface area contributed by atoms with Gasteiger partial charge in [-0.2, -0.15) is 0 Å². The van der Waals surface area contributed by atoms with E-state index in [-0.39, 0.29) is 23.9 Å². The Bertz CT molecular complexity index is 1040. The van der Waals surface area contributed by atoms with Crippen LogP contribution in [0.25, 0.3) is 10.9 Å². The predicted octanol–water partition coefficient (Wildman–Crippen LogP) is 2.82. The molecule has 1 unspecified atom stereocenters. The average molecular weight is 376 g/mol. The maximum atomic E-state index is 12.7. The van der Waals surface area contributed by atoms with Crippen molar-refractivity contribution in [1.29, 1.82) is 0 Å². The first-order valence-corrected chi connectivity index (χ1v) is 9.38. The summed E-state index contributed by atoms with van der Waals surface area (Å²) in [6, 6.07) is 15.5. The molecular formula is C22H24N4O2. The molecule has 2 heterocycles. The van der Waals surface area contributed by atoms with Gasteiger partial charge in [0.1, 0.15) is 0 Å². The van der Waals surface area contributed by atoms with Gasteiger partial charge in [0.15, 0.2) is 0 Å². The van der Waals surface area contributed by atoms with E-state index in [1.807, 2.05) is 36.4 Å². The quantitative estimate of drug-likeness (QED) is 0.658. The minimum absolute atomic E-state index is 0.0656. The van der Waals surface area contributed by atoms with Crippen LogP contribution in [0.4, 0.5) is 5.69 Å². The number of carbonyl (C=O) groups is 2. The molecule has 144 valence electrons.